The van der Waals surface area contributed by atoms with Gasteiger partial charge in [-0.3, -0.25) is 0 Å². The molecule has 0 atom stereocenters. The van der Waals surface area contributed by atoms with E-state index in [9.17, 15) is 0 Å². The molecule has 0 amide bonds. The van der Waals surface area contributed by atoms with Crippen molar-refractivity contribution in [2.24, 2.45) is 0 Å². The van der Waals surface area contributed by atoms with Gasteiger partial charge in [0.05, 0.1) is 0 Å². The first-order valence-electron chi connectivity index (χ1n) is 16.1. The topological polar surface area (TPSA) is 0 Å². The van der Waals surface area contributed by atoms with E-state index in [2.05, 4.69) is 156 Å². The van der Waals surface area contributed by atoms with Crippen LogP contribution in [0.5, 0.6) is 0 Å². The second-order valence-corrected chi connectivity index (χ2v) is 10.4. The normalized spacial score (nSPS) is 10.2. The molecule has 0 aliphatic rings. The van der Waals surface area contributed by atoms with Crippen molar-refractivity contribution >= 4 is 11.1 Å². The fourth-order valence-corrected chi connectivity index (χ4v) is 4.98. The smallest absolute Gasteiger partial charge is 0.00742 e. The van der Waals surface area contributed by atoms with Crippen LogP contribution in [0.3, 0.4) is 0 Å². The Hall–Kier alpha value is -4.42. The molecule has 228 valence electrons. The molecule has 0 nitrogen and oxygen atoms in total. The highest BCUT2D eigenvalue weighted by molar-refractivity contribution is 5.89. The molecule has 0 saturated heterocycles. The zero-order valence-corrected chi connectivity index (χ0v) is 28.5. The number of hydrogen-bond donors (Lipinski definition) is 0. The standard InChI is InChI=1S/C26H26.C14H14.2C2H6/c1-18-15-16-25(21(4)17-20(3)23-12-7-6-8-13-23)26(22(18)5)24-14-10-9-11-19(24)2;1-2-12-8-10-14(11-9-12)13-6-4-3-5-7-13;2*1-2/h6-17H,3H2,1-2,4-5H3;3-11H,2H2,1H3;2*1-2H3/b21-17+;;;. The van der Waals surface area contributed by atoms with Gasteiger partial charge in [0.2, 0.25) is 0 Å². The van der Waals surface area contributed by atoms with Crippen LogP contribution in [0.1, 0.15) is 74.9 Å². The molecule has 0 heteroatoms. The maximum Gasteiger partial charge on any atom is -0.00742 e. The molecule has 0 saturated carbocycles. The van der Waals surface area contributed by atoms with E-state index in [1.807, 2.05) is 39.8 Å². The molecule has 5 aromatic rings. The highest BCUT2D eigenvalue weighted by atomic mass is 14.2. The Bertz CT molecular complexity index is 1580. The van der Waals surface area contributed by atoms with Crippen LogP contribution in [-0.4, -0.2) is 0 Å². The van der Waals surface area contributed by atoms with E-state index in [4.69, 9.17) is 0 Å². The third-order valence-electron chi connectivity index (χ3n) is 7.58. The van der Waals surface area contributed by atoms with Gasteiger partial charge in [0.1, 0.15) is 0 Å². The summed E-state index contributed by atoms with van der Waals surface area (Å²) in [5.74, 6) is 0. The maximum atomic E-state index is 4.27. The van der Waals surface area contributed by atoms with Gasteiger partial charge in [0.25, 0.3) is 0 Å². The van der Waals surface area contributed by atoms with Gasteiger partial charge in [-0.2, -0.15) is 0 Å². The van der Waals surface area contributed by atoms with Crippen LogP contribution in [0.15, 0.2) is 134 Å². The van der Waals surface area contributed by atoms with E-state index in [0.29, 0.717) is 0 Å². The Balaban J connectivity index is 0.000000315. The summed E-state index contributed by atoms with van der Waals surface area (Å²) in [7, 11) is 0. The number of hydrogen-bond acceptors (Lipinski definition) is 0. The van der Waals surface area contributed by atoms with Gasteiger partial charge in [0.15, 0.2) is 0 Å². The number of aryl methyl sites for hydroxylation is 3. The van der Waals surface area contributed by atoms with Crippen LogP contribution in [0.2, 0.25) is 0 Å². The molecule has 0 heterocycles. The third kappa shape index (κ3) is 9.81. The largest absolute Gasteiger partial charge is 0.0911 e. The van der Waals surface area contributed by atoms with Gasteiger partial charge in [-0.1, -0.05) is 169 Å². The zero-order chi connectivity index (χ0) is 32.5. The molecule has 0 aromatic heterocycles. The molecule has 5 rings (SSSR count). The molecule has 0 bridgehead atoms. The molecular formula is C44H52. The molecule has 0 aliphatic carbocycles. The molecule has 5 aromatic carbocycles. The lowest BCUT2D eigenvalue weighted by Crippen LogP contribution is -1.96. The van der Waals surface area contributed by atoms with Crippen molar-refractivity contribution in [2.45, 2.75) is 68.7 Å². The number of allylic oxidation sites excluding steroid dienone is 3. The van der Waals surface area contributed by atoms with E-state index >= 15 is 0 Å². The highest BCUT2D eigenvalue weighted by Crippen LogP contribution is 2.36. The first-order valence-corrected chi connectivity index (χ1v) is 16.1. The molecule has 0 spiro atoms. The van der Waals surface area contributed by atoms with Crippen molar-refractivity contribution in [3.05, 3.63) is 167 Å². The lowest BCUT2D eigenvalue weighted by molar-refractivity contribution is 1.14. The third-order valence-corrected chi connectivity index (χ3v) is 7.58. The second-order valence-electron chi connectivity index (χ2n) is 10.4. The number of benzene rings is 5. The van der Waals surface area contributed by atoms with Crippen LogP contribution in [0.4, 0.5) is 0 Å². The number of rotatable bonds is 6. The lowest BCUT2D eigenvalue weighted by atomic mass is 9.86. The maximum absolute atomic E-state index is 4.27. The molecule has 44 heavy (non-hydrogen) atoms. The van der Waals surface area contributed by atoms with Gasteiger partial charge in [-0.05, 0) is 101 Å². The summed E-state index contributed by atoms with van der Waals surface area (Å²) >= 11 is 0. The van der Waals surface area contributed by atoms with Gasteiger partial charge >= 0.3 is 0 Å². The van der Waals surface area contributed by atoms with Gasteiger partial charge in [-0.25, -0.2) is 0 Å². The van der Waals surface area contributed by atoms with Crippen LogP contribution in [0, 0.1) is 20.8 Å². The van der Waals surface area contributed by atoms with E-state index in [1.165, 1.54) is 55.6 Å². The molecule has 0 radical (unpaired) electrons. The second kappa shape index (κ2) is 19.0. The summed E-state index contributed by atoms with van der Waals surface area (Å²) in [6, 6.07) is 42.7. The summed E-state index contributed by atoms with van der Waals surface area (Å²) < 4.78 is 0. The van der Waals surface area contributed by atoms with Crippen LogP contribution >= 0.6 is 0 Å². The summed E-state index contributed by atoms with van der Waals surface area (Å²) in [6.07, 6.45) is 3.30. The minimum Gasteiger partial charge on any atom is -0.0911 e. The summed E-state index contributed by atoms with van der Waals surface area (Å²) in [5.41, 5.74) is 15.3. The Morgan fingerprint density at radius 1 is 0.591 bits per heavy atom. The average Bonchev–Trinajstić information content (AvgIpc) is 3.09. The predicted octanol–water partition coefficient (Wildman–Crippen LogP) is 13.4. The molecular weight excluding hydrogens is 528 g/mol. The SMILES string of the molecule is C=C(/C=C(\C)c1ccc(C)c(C)c1-c1ccccc1C)c1ccccc1.CC.CC.CCc1ccc(-c2ccccc2)cc1. The van der Waals surface area contributed by atoms with Crippen LogP contribution in [-0.2, 0) is 6.42 Å². The summed E-state index contributed by atoms with van der Waals surface area (Å²) in [6.45, 7) is 23.2. The quantitative estimate of drug-likeness (QED) is 0.175. The summed E-state index contributed by atoms with van der Waals surface area (Å²) in [4.78, 5) is 0. The molecule has 0 unspecified atom stereocenters. The van der Waals surface area contributed by atoms with Crippen molar-refractivity contribution in [3.63, 3.8) is 0 Å². The van der Waals surface area contributed by atoms with E-state index < -0.39 is 0 Å². The molecule has 0 aliphatic heterocycles. The van der Waals surface area contributed by atoms with E-state index in [0.717, 1.165) is 17.6 Å². The monoisotopic (exact) mass is 580 g/mol. The summed E-state index contributed by atoms with van der Waals surface area (Å²) in [5, 5.41) is 0. The Morgan fingerprint density at radius 2 is 1.11 bits per heavy atom. The molecule has 0 fully saturated rings. The minimum atomic E-state index is 1.04. The Labute approximate surface area is 268 Å². The first kappa shape index (κ1) is 35.8. The molecule has 0 N–H and O–H groups in total. The zero-order valence-electron chi connectivity index (χ0n) is 28.5. The van der Waals surface area contributed by atoms with Crippen LogP contribution in [0.25, 0.3) is 33.4 Å². The van der Waals surface area contributed by atoms with Crippen molar-refractivity contribution in [1.29, 1.82) is 0 Å². The van der Waals surface area contributed by atoms with Crippen molar-refractivity contribution in [3.8, 4) is 22.3 Å². The fourth-order valence-electron chi connectivity index (χ4n) is 4.98. The first-order chi connectivity index (χ1) is 21.4. The van der Waals surface area contributed by atoms with Gasteiger partial charge in [0, 0.05) is 0 Å². The van der Waals surface area contributed by atoms with Crippen molar-refractivity contribution < 1.29 is 0 Å². The van der Waals surface area contributed by atoms with Crippen LogP contribution < -0.4 is 0 Å². The fraction of sp³-hybridized carbons (Fsp3) is 0.227. The predicted molar refractivity (Wildman–Crippen MR) is 199 cm³/mol. The Kier molecular flexibility index (Phi) is 15.4. The minimum absolute atomic E-state index is 1.04. The van der Waals surface area contributed by atoms with E-state index in [1.54, 1.807) is 0 Å². The lowest BCUT2D eigenvalue weighted by Gasteiger charge is -2.18. The van der Waals surface area contributed by atoms with Gasteiger partial charge < -0.3 is 0 Å². The highest BCUT2D eigenvalue weighted by Gasteiger charge is 2.13. The van der Waals surface area contributed by atoms with Crippen molar-refractivity contribution in [1.82, 2.24) is 0 Å². The Morgan fingerprint density at radius 3 is 1.68 bits per heavy atom. The average molecular weight is 581 g/mol. The van der Waals surface area contributed by atoms with Gasteiger partial charge in [-0.15, -0.1) is 0 Å². The van der Waals surface area contributed by atoms with E-state index in [-0.39, 0.29) is 0 Å². The van der Waals surface area contributed by atoms with Crippen molar-refractivity contribution in [2.75, 3.05) is 0 Å².